The number of nitrogens with zero attached hydrogens (tertiary/aromatic N) is 2. The first kappa shape index (κ1) is 9.17. The molecule has 0 aliphatic rings. The lowest BCUT2D eigenvalue weighted by atomic mass is 10.7. The predicted octanol–water partition coefficient (Wildman–Crippen LogP) is -0.279. The second kappa shape index (κ2) is 3.65. The van der Waals surface area contributed by atoms with E-state index >= 15 is 0 Å². The highest BCUT2D eigenvalue weighted by molar-refractivity contribution is 5.88. The van der Waals surface area contributed by atoms with Crippen LogP contribution in [0.2, 0.25) is 0 Å². The van der Waals surface area contributed by atoms with E-state index in [4.69, 9.17) is 0 Å². The van der Waals surface area contributed by atoms with Crippen molar-refractivity contribution in [2.24, 2.45) is 0 Å². The molecule has 0 saturated carbocycles. The van der Waals surface area contributed by atoms with E-state index in [0.29, 0.717) is 0 Å². The average Bonchev–Trinajstić information content (AvgIpc) is 2.33. The van der Waals surface area contributed by atoms with Crippen molar-refractivity contribution in [1.82, 2.24) is 15.2 Å². The first-order chi connectivity index (χ1) is 6.08. The molecular weight excluding hydrogens is 174 g/mol. The molecule has 1 rings (SSSR count). The van der Waals surface area contributed by atoms with Gasteiger partial charge in [0.25, 0.3) is 0 Å². The number of aromatic nitrogens is 3. The number of rotatable bonds is 2. The summed E-state index contributed by atoms with van der Waals surface area (Å²) in [4.78, 5) is 24.9. The predicted molar refractivity (Wildman–Crippen MR) is 45.0 cm³/mol. The number of nitrogens with one attached hydrogen (secondary N) is 3. The molecule has 0 unspecified atom stereocenters. The van der Waals surface area contributed by atoms with Crippen LogP contribution in [-0.4, -0.2) is 27.0 Å². The molecular formula is C6H9N5O2. The number of amides is 2. The van der Waals surface area contributed by atoms with Gasteiger partial charge >= 0.3 is 0 Å². The van der Waals surface area contributed by atoms with Crippen molar-refractivity contribution in [2.45, 2.75) is 13.8 Å². The zero-order valence-electron chi connectivity index (χ0n) is 7.21. The quantitative estimate of drug-likeness (QED) is 0.587. The monoisotopic (exact) mass is 183 g/mol. The summed E-state index contributed by atoms with van der Waals surface area (Å²) in [5.41, 5.74) is 0. The summed E-state index contributed by atoms with van der Waals surface area (Å²) < 4.78 is 0. The molecule has 1 heterocycles. The molecule has 0 atom stereocenters. The summed E-state index contributed by atoms with van der Waals surface area (Å²) in [6, 6.07) is 0. The minimum absolute atomic E-state index is 0.135. The largest absolute Gasteiger partial charge is 0.295 e. The minimum Gasteiger partial charge on any atom is -0.295 e. The van der Waals surface area contributed by atoms with Crippen molar-refractivity contribution in [3.8, 4) is 0 Å². The molecule has 0 fully saturated rings. The van der Waals surface area contributed by atoms with Gasteiger partial charge in [-0.1, -0.05) is 0 Å². The van der Waals surface area contributed by atoms with Crippen molar-refractivity contribution in [2.75, 3.05) is 10.6 Å². The van der Waals surface area contributed by atoms with Crippen molar-refractivity contribution < 1.29 is 9.59 Å². The summed E-state index contributed by atoms with van der Waals surface area (Å²) in [6.07, 6.45) is 0. The number of hydrogen-bond acceptors (Lipinski definition) is 4. The number of anilines is 2. The molecule has 13 heavy (non-hydrogen) atoms. The Labute approximate surface area is 73.9 Å². The van der Waals surface area contributed by atoms with Crippen LogP contribution in [0.4, 0.5) is 11.9 Å². The smallest absolute Gasteiger partial charge is 0.250 e. The molecule has 0 spiro atoms. The molecule has 7 nitrogen and oxygen atoms in total. The van der Waals surface area contributed by atoms with Crippen molar-refractivity contribution in [3.63, 3.8) is 0 Å². The van der Waals surface area contributed by atoms with Gasteiger partial charge in [-0.15, -0.1) is 5.10 Å². The number of aromatic amines is 1. The van der Waals surface area contributed by atoms with E-state index < -0.39 is 0 Å². The average molecular weight is 183 g/mol. The van der Waals surface area contributed by atoms with Gasteiger partial charge in [-0.25, -0.2) is 5.10 Å². The van der Waals surface area contributed by atoms with Gasteiger partial charge in [0.2, 0.25) is 23.7 Å². The van der Waals surface area contributed by atoms with Gasteiger partial charge in [0.05, 0.1) is 0 Å². The maximum atomic E-state index is 10.6. The number of carbonyl (C=O) groups excluding carboxylic acids is 2. The van der Waals surface area contributed by atoms with Crippen LogP contribution in [0.1, 0.15) is 13.8 Å². The molecule has 3 N–H and O–H groups in total. The molecule has 0 aromatic carbocycles. The van der Waals surface area contributed by atoms with Gasteiger partial charge in [-0.05, 0) is 0 Å². The van der Waals surface area contributed by atoms with Gasteiger partial charge < -0.3 is 0 Å². The van der Waals surface area contributed by atoms with Gasteiger partial charge in [0.1, 0.15) is 0 Å². The van der Waals surface area contributed by atoms with Gasteiger partial charge in [-0.3, -0.25) is 20.2 Å². The zero-order valence-corrected chi connectivity index (χ0v) is 7.21. The summed E-state index contributed by atoms with van der Waals surface area (Å²) >= 11 is 0. The third-order valence-corrected chi connectivity index (χ3v) is 1.07. The Kier molecular flexibility index (Phi) is 2.58. The van der Waals surface area contributed by atoms with Crippen LogP contribution in [0.3, 0.4) is 0 Å². The number of H-pyrrole nitrogens is 1. The zero-order chi connectivity index (χ0) is 9.84. The van der Waals surface area contributed by atoms with Gasteiger partial charge in [-0.2, -0.15) is 4.98 Å². The molecule has 0 aliphatic carbocycles. The topological polar surface area (TPSA) is 99.8 Å². The van der Waals surface area contributed by atoms with E-state index in [-0.39, 0.29) is 23.7 Å². The molecule has 1 aromatic rings. The first-order valence-corrected chi connectivity index (χ1v) is 3.55. The molecule has 0 saturated heterocycles. The van der Waals surface area contributed by atoms with E-state index in [0.717, 1.165) is 0 Å². The van der Waals surface area contributed by atoms with E-state index in [1.165, 1.54) is 13.8 Å². The SMILES string of the molecule is CC(=O)Nc1n[nH]c(NC(C)=O)n1. The van der Waals surface area contributed by atoms with Crippen molar-refractivity contribution >= 4 is 23.7 Å². The second-order valence-electron chi connectivity index (χ2n) is 2.37. The van der Waals surface area contributed by atoms with Crippen LogP contribution in [0.15, 0.2) is 0 Å². The van der Waals surface area contributed by atoms with Crippen LogP contribution >= 0.6 is 0 Å². The number of hydrogen-bond donors (Lipinski definition) is 3. The van der Waals surface area contributed by atoms with Crippen LogP contribution in [0.25, 0.3) is 0 Å². The fraction of sp³-hybridized carbons (Fsp3) is 0.333. The minimum atomic E-state index is -0.270. The van der Waals surface area contributed by atoms with Gasteiger partial charge in [0.15, 0.2) is 0 Å². The van der Waals surface area contributed by atoms with E-state index in [1.54, 1.807) is 0 Å². The third-order valence-electron chi connectivity index (χ3n) is 1.07. The Hall–Kier alpha value is -1.92. The Morgan fingerprint density at radius 1 is 1.23 bits per heavy atom. The maximum Gasteiger partial charge on any atom is 0.250 e. The first-order valence-electron chi connectivity index (χ1n) is 3.55. The molecule has 70 valence electrons. The highest BCUT2D eigenvalue weighted by Crippen LogP contribution is 2.01. The van der Waals surface area contributed by atoms with E-state index in [2.05, 4.69) is 25.8 Å². The maximum absolute atomic E-state index is 10.6. The molecule has 2 amide bonds. The Morgan fingerprint density at radius 2 is 1.85 bits per heavy atom. The lowest BCUT2D eigenvalue weighted by Crippen LogP contribution is -2.08. The van der Waals surface area contributed by atoms with Crippen LogP contribution in [0, 0.1) is 0 Å². The molecule has 0 aliphatic heterocycles. The van der Waals surface area contributed by atoms with Crippen LogP contribution < -0.4 is 10.6 Å². The lowest BCUT2D eigenvalue weighted by molar-refractivity contribution is -0.115. The van der Waals surface area contributed by atoms with Gasteiger partial charge in [0, 0.05) is 13.8 Å². The van der Waals surface area contributed by atoms with E-state index in [1.807, 2.05) is 0 Å². The summed E-state index contributed by atoms with van der Waals surface area (Å²) in [5, 5.41) is 10.8. The van der Waals surface area contributed by atoms with Crippen molar-refractivity contribution in [1.29, 1.82) is 0 Å². The molecule has 0 bridgehead atoms. The third kappa shape index (κ3) is 2.89. The highest BCUT2D eigenvalue weighted by Gasteiger charge is 2.04. The second-order valence-corrected chi connectivity index (χ2v) is 2.37. The van der Waals surface area contributed by atoms with Crippen LogP contribution in [-0.2, 0) is 9.59 Å². The number of carbonyl (C=O) groups is 2. The normalized spacial score (nSPS) is 9.38. The van der Waals surface area contributed by atoms with E-state index in [9.17, 15) is 9.59 Å². The lowest BCUT2D eigenvalue weighted by Gasteiger charge is -1.92. The fourth-order valence-corrected chi connectivity index (χ4v) is 0.698. The van der Waals surface area contributed by atoms with Crippen LogP contribution in [0.5, 0.6) is 0 Å². The fourth-order valence-electron chi connectivity index (χ4n) is 0.698. The Balaban J connectivity index is 2.63. The standard InChI is InChI=1S/C6H9N5O2/c1-3(12)7-5-9-6(11-10-5)8-4(2)13/h1-2H3,(H3,7,8,9,10,11,12,13). The highest BCUT2D eigenvalue weighted by atomic mass is 16.2. The summed E-state index contributed by atoms with van der Waals surface area (Å²) in [6.45, 7) is 2.69. The summed E-state index contributed by atoms with van der Waals surface area (Å²) in [5.74, 6) is -0.189. The summed E-state index contributed by atoms with van der Waals surface area (Å²) in [7, 11) is 0. The van der Waals surface area contributed by atoms with Crippen molar-refractivity contribution in [3.05, 3.63) is 0 Å². The molecule has 1 aromatic heterocycles. The Bertz CT molecular complexity index is 301. The Morgan fingerprint density at radius 3 is 2.38 bits per heavy atom. The molecule has 7 heteroatoms. The molecule has 0 radical (unpaired) electrons.